The molecule has 1 amide bonds. The lowest BCUT2D eigenvalue weighted by molar-refractivity contribution is -0.126. The van der Waals surface area contributed by atoms with Crippen LogP contribution in [-0.4, -0.2) is 42.3 Å². The summed E-state index contributed by atoms with van der Waals surface area (Å²) in [5.74, 6) is 2.16. The van der Waals surface area contributed by atoms with Gasteiger partial charge in [0.25, 0.3) is 0 Å². The van der Waals surface area contributed by atoms with Gasteiger partial charge in [-0.05, 0) is 44.0 Å². The van der Waals surface area contributed by atoms with Crippen LogP contribution in [0.4, 0.5) is 0 Å². The van der Waals surface area contributed by atoms with Crippen LogP contribution in [0.2, 0.25) is 0 Å². The molecule has 2 N–H and O–H groups in total. The molecule has 0 spiro atoms. The number of hydrogen-bond acceptors (Lipinski definition) is 5. The van der Waals surface area contributed by atoms with E-state index in [2.05, 4.69) is 22.5 Å². The number of nitrogens with zero attached hydrogens (tertiary/aromatic N) is 2. The SMILES string of the molecule is COc1cc(OC)cc(C(NC(=O)[C@H]2CCN[C@@H](C)C2)c2nccn2C)c1. The summed E-state index contributed by atoms with van der Waals surface area (Å²) in [6.45, 7) is 2.97. The molecular formula is C20H28N4O3. The van der Waals surface area contributed by atoms with Crippen molar-refractivity contribution in [3.8, 4) is 11.5 Å². The first-order chi connectivity index (χ1) is 13.0. The summed E-state index contributed by atoms with van der Waals surface area (Å²) in [7, 11) is 5.15. The fraction of sp³-hybridized carbons (Fsp3) is 0.500. The highest BCUT2D eigenvalue weighted by Gasteiger charge is 2.29. The number of benzene rings is 1. The lowest BCUT2D eigenvalue weighted by Gasteiger charge is -2.29. The molecule has 7 heteroatoms. The van der Waals surface area contributed by atoms with Gasteiger partial charge in [0.15, 0.2) is 0 Å². The van der Waals surface area contributed by atoms with Crippen molar-refractivity contribution in [3.05, 3.63) is 42.0 Å². The van der Waals surface area contributed by atoms with Crippen LogP contribution in [-0.2, 0) is 11.8 Å². The molecule has 1 aromatic carbocycles. The number of aryl methyl sites for hydroxylation is 1. The molecule has 0 aliphatic carbocycles. The second kappa shape index (κ2) is 8.43. The predicted molar refractivity (Wildman–Crippen MR) is 103 cm³/mol. The van der Waals surface area contributed by atoms with Crippen LogP contribution >= 0.6 is 0 Å². The minimum atomic E-state index is -0.383. The second-order valence-electron chi connectivity index (χ2n) is 7.06. The van der Waals surface area contributed by atoms with Crippen LogP contribution in [0.25, 0.3) is 0 Å². The molecule has 146 valence electrons. The monoisotopic (exact) mass is 372 g/mol. The van der Waals surface area contributed by atoms with Gasteiger partial charge in [0.1, 0.15) is 23.4 Å². The number of methoxy groups -OCH3 is 2. The van der Waals surface area contributed by atoms with Crippen LogP contribution in [0.5, 0.6) is 11.5 Å². The zero-order valence-electron chi connectivity index (χ0n) is 16.4. The maximum atomic E-state index is 13.0. The van der Waals surface area contributed by atoms with Crippen molar-refractivity contribution in [2.24, 2.45) is 13.0 Å². The fourth-order valence-electron chi connectivity index (χ4n) is 3.58. The topological polar surface area (TPSA) is 77.4 Å². The van der Waals surface area contributed by atoms with Crippen LogP contribution in [0.3, 0.4) is 0 Å². The molecule has 1 fully saturated rings. The smallest absolute Gasteiger partial charge is 0.224 e. The Morgan fingerprint density at radius 1 is 1.30 bits per heavy atom. The lowest BCUT2D eigenvalue weighted by atomic mass is 9.92. The molecule has 3 atom stereocenters. The molecule has 1 aliphatic rings. The summed E-state index contributed by atoms with van der Waals surface area (Å²) < 4.78 is 12.7. The molecule has 1 aliphatic heterocycles. The summed E-state index contributed by atoms with van der Waals surface area (Å²) in [6.07, 6.45) is 5.28. The van der Waals surface area contributed by atoms with Crippen molar-refractivity contribution in [1.29, 1.82) is 0 Å². The van der Waals surface area contributed by atoms with E-state index >= 15 is 0 Å². The molecule has 7 nitrogen and oxygen atoms in total. The Kier molecular flexibility index (Phi) is 6.01. The Hall–Kier alpha value is -2.54. The number of piperidine rings is 1. The van der Waals surface area contributed by atoms with E-state index in [1.54, 1.807) is 20.4 Å². The van der Waals surface area contributed by atoms with Crippen molar-refractivity contribution in [2.45, 2.75) is 31.8 Å². The molecule has 27 heavy (non-hydrogen) atoms. The van der Waals surface area contributed by atoms with Crippen molar-refractivity contribution < 1.29 is 14.3 Å². The van der Waals surface area contributed by atoms with Gasteiger partial charge in [0, 0.05) is 37.5 Å². The average Bonchev–Trinajstić information content (AvgIpc) is 3.11. The number of aromatic nitrogens is 2. The Bertz CT molecular complexity index is 767. The standard InChI is InChI=1S/C20H28N4O3/c1-13-9-14(5-6-21-13)20(25)23-18(19-22-7-8-24(19)2)15-10-16(26-3)12-17(11-15)27-4/h7-8,10-14,18,21H,5-6,9H2,1-4H3,(H,23,25)/t13-,14-,18?/m0/s1. The van der Waals surface area contributed by atoms with Crippen LogP contribution < -0.4 is 20.1 Å². The van der Waals surface area contributed by atoms with Gasteiger partial charge < -0.3 is 24.7 Å². The molecule has 0 bridgehead atoms. The molecule has 0 saturated carbocycles. The van der Waals surface area contributed by atoms with Gasteiger partial charge in [-0.2, -0.15) is 0 Å². The number of carbonyl (C=O) groups is 1. The van der Waals surface area contributed by atoms with Crippen molar-refractivity contribution in [3.63, 3.8) is 0 Å². The number of carbonyl (C=O) groups excluding carboxylic acids is 1. The number of ether oxygens (including phenoxy) is 2. The molecule has 3 rings (SSSR count). The van der Waals surface area contributed by atoms with E-state index in [0.29, 0.717) is 17.5 Å². The van der Waals surface area contributed by atoms with Gasteiger partial charge in [-0.15, -0.1) is 0 Å². The summed E-state index contributed by atoms with van der Waals surface area (Å²) in [5, 5.41) is 6.60. The number of nitrogens with one attached hydrogen (secondary N) is 2. The van der Waals surface area contributed by atoms with Crippen molar-refractivity contribution in [2.75, 3.05) is 20.8 Å². The maximum Gasteiger partial charge on any atom is 0.224 e. The summed E-state index contributed by atoms with van der Waals surface area (Å²) in [4.78, 5) is 17.5. The van der Waals surface area contributed by atoms with Crippen molar-refractivity contribution in [1.82, 2.24) is 20.2 Å². The maximum absolute atomic E-state index is 13.0. The van der Waals surface area contributed by atoms with Gasteiger partial charge in [0.2, 0.25) is 5.91 Å². The highest BCUT2D eigenvalue weighted by molar-refractivity contribution is 5.79. The first kappa shape index (κ1) is 19.2. The fourth-order valence-corrected chi connectivity index (χ4v) is 3.58. The van der Waals surface area contributed by atoms with E-state index in [1.807, 2.05) is 36.0 Å². The molecule has 2 heterocycles. The average molecular weight is 372 g/mol. The molecule has 1 aromatic heterocycles. The minimum absolute atomic E-state index is 0.00322. The predicted octanol–water partition coefficient (Wildman–Crippen LogP) is 2.03. The van der Waals surface area contributed by atoms with Gasteiger partial charge in [-0.25, -0.2) is 4.98 Å². The highest BCUT2D eigenvalue weighted by Crippen LogP contribution is 2.30. The van der Waals surface area contributed by atoms with Gasteiger partial charge in [-0.1, -0.05) is 0 Å². The molecule has 1 unspecified atom stereocenters. The third kappa shape index (κ3) is 4.42. The normalized spacial score (nSPS) is 20.7. The minimum Gasteiger partial charge on any atom is -0.497 e. The van der Waals surface area contributed by atoms with E-state index in [-0.39, 0.29) is 17.9 Å². The van der Waals surface area contributed by atoms with Crippen molar-refractivity contribution >= 4 is 5.91 Å². The molecule has 0 radical (unpaired) electrons. The Balaban J connectivity index is 1.93. The molecular weight excluding hydrogens is 344 g/mol. The highest BCUT2D eigenvalue weighted by atomic mass is 16.5. The van der Waals surface area contributed by atoms with Gasteiger partial charge >= 0.3 is 0 Å². The summed E-state index contributed by atoms with van der Waals surface area (Å²) in [5.41, 5.74) is 0.871. The number of rotatable bonds is 6. The third-order valence-electron chi connectivity index (χ3n) is 5.10. The number of hydrogen-bond donors (Lipinski definition) is 2. The first-order valence-electron chi connectivity index (χ1n) is 9.25. The molecule has 2 aromatic rings. The largest absolute Gasteiger partial charge is 0.497 e. The first-order valence-corrected chi connectivity index (χ1v) is 9.25. The third-order valence-corrected chi connectivity index (χ3v) is 5.10. The van der Waals surface area contributed by atoms with Gasteiger partial charge in [0.05, 0.1) is 14.2 Å². The zero-order valence-corrected chi connectivity index (χ0v) is 16.4. The Labute approximate surface area is 160 Å². The van der Waals surface area contributed by atoms with E-state index in [4.69, 9.17) is 9.47 Å². The Morgan fingerprint density at radius 3 is 2.56 bits per heavy atom. The Morgan fingerprint density at radius 2 is 2.00 bits per heavy atom. The van der Waals surface area contributed by atoms with Crippen LogP contribution in [0.1, 0.15) is 37.2 Å². The molecule has 1 saturated heterocycles. The summed E-state index contributed by atoms with van der Waals surface area (Å²) in [6, 6.07) is 5.60. The number of amides is 1. The zero-order chi connectivity index (χ0) is 19.4. The van der Waals surface area contributed by atoms with Crippen LogP contribution in [0.15, 0.2) is 30.6 Å². The van der Waals surface area contributed by atoms with E-state index in [9.17, 15) is 4.79 Å². The lowest BCUT2D eigenvalue weighted by Crippen LogP contribution is -2.43. The van der Waals surface area contributed by atoms with E-state index in [1.165, 1.54) is 0 Å². The van der Waals surface area contributed by atoms with E-state index in [0.717, 1.165) is 30.8 Å². The summed E-state index contributed by atoms with van der Waals surface area (Å²) >= 11 is 0. The second-order valence-corrected chi connectivity index (χ2v) is 7.06. The van der Waals surface area contributed by atoms with Crippen LogP contribution in [0, 0.1) is 5.92 Å². The number of imidazole rings is 1. The van der Waals surface area contributed by atoms with Gasteiger partial charge in [-0.3, -0.25) is 4.79 Å². The quantitative estimate of drug-likeness (QED) is 0.811. The van der Waals surface area contributed by atoms with E-state index < -0.39 is 0 Å².